The van der Waals surface area contributed by atoms with Crippen molar-refractivity contribution in [1.82, 2.24) is 25.1 Å². The van der Waals surface area contributed by atoms with Gasteiger partial charge in [0, 0.05) is 6.54 Å². The standard InChI is InChI=1S/C11H13ClN6O/c1-2-18-6-16-17-9(18)5-15-11(19)8-3-7(13)4-14-10(8)12/h3-4,6H,2,5,13H2,1H3,(H,15,19). The third-order valence-corrected chi connectivity index (χ3v) is 2.85. The molecule has 0 saturated heterocycles. The summed E-state index contributed by atoms with van der Waals surface area (Å²) >= 11 is 5.85. The van der Waals surface area contributed by atoms with Crippen LogP contribution < -0.4 is 11.1 Å². The molecule has 0 radical (unpaired) electrons. The lowest BCUT2D eigenvalue weighted by Crippen LogP contribution is -2.25. The summed E-state index contributed by atoms with van der Waals surface area (Å²) in [5, 5.41) is 10.5. The number of anilines is 1. The molecule has 0 saturated carbocycles. The molecule has 8 heteroatoms. The molecule has 2 aromatic rings. The van der Waals surface area contributed by atoms with Crippen molar-refractivity contribution in [2.24, 2.45) is 0 Å². The lowest BCUT2D eigenvalue weighted by molar-refractivity contribution is 0.0949. The number of nitrogens with two attached hydrogens (primary N) is 1. The molecule has 100 valence electrons. The van der Waals surface area contributed by atoms with Crippen LogP contribution >= 0.6 is 11.6 Å². The van der Waals surface area contributed by atoms with Crippen molar-refractivity contribution in [3.05, 3.63) is 35.1 Å². The molecule has 0 aliphatic heterocycles. The van der Waals surface area contributed by atoms with Crippen molar-refractivity contribution in [3.8, 4) is 0 Å². The van der Waals surface area contributed by atoms with E-state index in [1.807, 2.05) is 11.5 Å². The fourth-order valence-corrected chi connectivity index (χ4v) is 1.75. The van der Waals surface area contributed by atoms with E-state index in [1.54, 1.807) is 6.33 Å². The number of nitrogens with zero attached hydrogens (tertiary/aromatic N) is 4. The zero-order valence-electron chi connectivity index (χ0n) is 10.3. The van der Waals surface area contributed by atoms with Crippen LogP contribution in [0.25, 0.3) is 0 Å². The average molecular weight is 281 g/mol. The Kier molecular flexibility index (Phi) is 3.96. The van der Waals surface area contributed by atoms with Crippen molar-refractivity contribution in [3.63, 3.8) is 0 Å². The maximum Gasteiger partial charge on any atom is 0.254 e. The van der Waals surface area contributed by atoms with Gasteiger partial charge in [0.25, 0.3) is 5.91 Å². The predicted molar refractivity (Wildman–Crippen MR) is 70.5 cm³/mol. The Morgan fingerprint density at radius 2 is 2.37 bits per heavy atom. The molecular weight excluding hydrogens is 268 g/mol. The minimum absolute atomic E-state index is 0.114. The summed E-state index contributed by atoms with van der Waals surface area (Å²) in [4.78, 5) is 15.8. The van der Waals surface area contributed by atoms with Gasteiger partial charge in [0.1, 0.15) is 11.5 Å². The summed E-state index contributed by atoms with van der Waals surface area (Å²) in [5.41, 5.74) is 6.19. The first-order chi connectivity index (χ1) is 9.11. The molecule has 0 aromatic carbocycles. The Balaban J connectivity index is 2.07. The van der Waals surface area contributed by atoms with Crippen molar-refractivity contribution in [2.75, 3.05) is 5.73 Å². The monoisotopic (exact) mass is 280 g/mol. The molecule has 0 bridgehead atoms. The van der Waals surface area contributed by atoms with E-state index in [-0.39, 0.29) is 23.2 Å². The number of rotatable bonds is 4. The molecule has 2 heterocycles. The van der Waals surface area contributed by atoms with Gasteiger partial charge >= 0.3 is 0 Å². The van der Waals surface area contributed by atoms with Crippen LogP contribution in [0.3, 0.4) is 0 Å². The number of pyridine rings is 1. The molecule has 2 rings (SSSR count). The number of carbonyl (C=O) groups is 1. The second kappa shape index (κ2) is 5.66. The largest absolute Gasteiger partial charge is 0.397 e. The van der Waals surface area contributed by atoms with Crippen LogP contribution in [-0.4, -0.2) is 25.7 Å². The number of carbonyl (C=O) groups excluding carboxylic acids is 1. The zero-order chi connectivity index (χ0) is 13.8. The maximum atomic E-state index is 12.0. The Morgan fingerprint density at radius 3 is 3.11 bits per heavy atom. The summed E-state index contributed by atoms with van der Waals surface area (Å²) < 4.78 is 1.83. The van der Waals surface area contributed by atoms with Gasteiger partial charge in [-0.15, -0.1) is 10.2 Å². The molecule has 19 heavy (non-hydrogen) atoms. The maximum absolute atomic E-state index is 12.0. The molecule has 2 aromatic heterocycles. The second-order valence-electron chi connectivity index (χ2n) is 3.82. The van der Waals surface area contributed by atoms with E-state index in [4.69, 9.17) is 17.3 Å². The van der Waals surface area contributed by atoms with Crippen molar-refractivity contribution in [1.29, 1.82) is 0 Å². The van der Waals surface area contributed by atoms with E-state index in [1.165, 1.54) is 12.3 Å². The quantitative estimate of drug-likeness (QED) is 0.809. The summed E-state index contributed by atoms with van der Waals surface area (Å²) in [6, 6.07) is 1.48. The SMILES string of the molecule is CCn1cnnc1CNC(=O)c1cc(N)cnc1Cl. The van der Waals surface area contributed by atoms with E-state index in [0.717, 1.165) is 6.54 Å². The summed E-state index contributed by atoms with van der Waals surface area (Å²) in [6.07, 6.45) is 3.00. The van der Waals surface area contributed by atoms with E-state index in [9.17, 15) is 4.79 Å². The number of nitrogen functional groups attached to an aromatic ring is 1. The molecule has 0 fully saturated rings. The van der Waals surface area contributed by atoms with Crippen molar-refractivity contribution < 1.29 is 4.79 Å². The molecule has 1 amide bonds. The number of nitrogens with one attached hydrogen (secondary N) is 1. The molecule has 0 aliphatic rings. The zero-order valence-corrected chi connectivity index (χ0v) is 11.1. The molecule has 0 unspecified atom stereocenters. The minimum Gasteiger partial charge on any atom is -0.397 e. The highest BCUT2D eigenvalue weighted by Gasteiger charge is 2.13. The van der Waals surface area contributed by atoms with Crippen LogP contribution in [0.5, 0.6) is 0 Å². The fraction of sp³-hybridized carbons (Fsp3) is 0.273. The van der Waals surface area contributed by atoms with Crippen LogP contribution in [0.4, 0.5) is 5.69 Å². The molecular formula is C11H13ClN6O. The molecule has 0 spiro atoms. The third kappa shape index (κ3) is 3.00. The Hall–Kier alpha value is -2.15. The first kappa shape index (κ1) is 13.3. The highest BCUT2D eigenvalue weighted by atomic mass is 35.5. The lowest BCUT2D eigenvalue weighted by atomic mass is 10.2. The summed E-state index contributed by atoms with van der Waals surface area (Å²) in [7, 11) is 0. The van der Waals surface area contributed by atoms with Gasteiger partial charge < -0.3 is 15.6 Å². The minimum atomic E-state index is -0.351. The number of aromatic nitrogens is 4. The summed E-state index contributed by atoms with van der Waals surface area (Å²) in [5.74, 6) is 0.319. The van der Waals surface area contributed by atoms with E-state index in [0.29, 0.717) is 11.5 Å². The normalized spacial score (nSPS) is 10.4. The van der Waals surface area contributed by atoms with Crippen molar-refractivity contribution in [2.45, 2.75) is 20.0 Å². The smallest absolute Gasteiger partial charge is 0.254 e. The van der Waals surface area contributed by atoms with Gasteiger partial charge in [0.2, 0.25) is 0 Å². The number of halogens is 1. The topological polar surface area (TPSA) is 98.7 Å². The van der Waals surface area contributed by atoms with Gasteiger partial charge in [-0.3, -0.25) is 4.79 Å². The third-order valence-electron chi connectivity index (χ3n) is 2.55. The van der Waals surface area contributed by atoms with Crippen LogP contribution in [0.2, 0.25) is 5.15 Å². The number of hydrogen-bond donors (Lipinski definition) is 2. The Labute approximate surface area is 114 Å². The number of aryl methyl sites for hydroxylation is 1. The predicted octanol–water partition coefficient (Wildman–Crippen LogP) is 0.859. The molecule has 3 N–H and O–H groups in total. The highest BCUT2D eigenvalue weighted by molar-refractivity contribution is 6.32. The first-order valence-electron chi connectivity index (χ1n) is 5.67. The first-order valence-corrected chi connectivity index (χ1v) is 6.05. The summed E-state index contributed by atoms with van der Waals surface area (Å²) in [6.45, 7) is 2.96. The molecule has 0 atom stereocenters. The van der Waals surface area contributed by atoms with E-state index in [2.05, 4.69) is 20.5 Å². The van der Waals surface area contributed by atoms with E-state index < -0.39 is 0 Å². The van der Waals surface area contributed by atoms with Crippen LogP contribution in [0.15, 0.2) is 18.6 Å². The second-order valence-corrected chi connectivity index (χ2v) is 4.18. The Bertz CT molecular complexity index is 597. The van der Waals surface area contributed by atoms with Gasteiger partial charge in [-0.05, 0) is 13.0 Å². The van der Waals surface area contributed by atoms with Gasteiger partial charge in [0.15, 0.2) is 5.82 Å². The van der Waals surface area contributed by atoms with Gasteiger partial charge in [0.05, 0.1) is 24.0 Å². The van der Waals surface area contributed by atoms with E-state index >= 15 is 0 Å². The van der Waals surface area contributed by atoms with Crippen LogP contribution in [0.1, 0.15) is 23.1 Å². The molecule has 7 nitrogen and oxygen atoms in total. The van der Waals surface area contributed by atoms with Gasteiger partial charge in [-0.25, -0.2) is 4.98 Å². The highest BCUT2D eigenvalue weighted by Crippen LogP contribution is 2.15. The number of hydrogen-bond acceptors (Lipinski definition) is 5. The van der Waals surface area contributed by atoms with Gasteiger partial charge in [-0.1, -0.05) is 11.6 Å². The van der Waals surface area contributed by atoms with Crippen molar-refractivity contribution >= 4 is 23.2 Å². The Morgan fingerprint density at radius 1 is 1.58 bits per heavy atom. The average Bonchev–Trinajstić information content (AvgIpc) is 2.86. The van der Waals surface area contributed by atoms with Crippen LogP contribution in [0, 0.1) is 0 Å². The van der Waals surface area contributed by atoms with Crippen LogP contribution in [-0.2, 0) is 13.1 Å². The lowest BCUT2D eigenvalue weighted by Gasteiger charge is -2.07. The number of amides is 1. The molecule has 0 aliphatic carbocycles. The van der Waals surface area contributed by atoms with Gasteiger partial charge in [-0.2, -0.15) is 0 Å². The fourth-order valence-electron chi connectivity index (χ4n) is 1.56.